The van der Waals surface area contributed by atoms with Crippen LogP contribution in [0.1, 0.15) is 17.1 Å². The van der Waals surface area contributed by atoms with Crippen LogP contribution in [0.15, 0.2) is 43.4 Å². The average molecular weight is 468 g/mol. The van der Waals surface area contributed by atoms with Crippen LogP contribution in [-0.4, -0.2) is 44.4 Å². The van der Waals surface area contributed by atoms with Crippen LogP contribution in [0.2, 0.25) is 0 Å². The largest absolute Gasteiger partial charge is 0.494 e. The van der Waals surface area contributed by atoms with E-state index in [1.165, 1.54) is 26.4 Å². The van der Waals surface area contributed by atoms with Crippen molar-refractivity contribution in [3.63, 3.8) is 0 Å². The number of methoxy groups -OCH3 is 2. The van der Waals surface area contributed by atoms with E-state index in [-0.39, 0.29) is 35.9 Å². The quantitative estimate of drug-likeness (QED) is 0.399. The lowest BCUT2D eigenvalue weighted by Gasteiger charge is -2.13. The summed E-state index contributed by atoms with van der Waals surface area (Å²) in [6, 6.07) is 2.90. The molecule has 9 nitrogen and oxygen atoms in total. The standard InChI is InChI=1S/C23H22F2N6O3/c1-5-21(32)28-16-12-30(2)29-15(16)8-20-26-10-17-14(27-20)6-7-31(17)11-13-22(24)18(33-3)9-19(34-4)23(13)25/h5-7,9-10,12H,1,8,11H2,2-4H3,(H,28,32). The van der Waals surface area contributed by atoms with E-state index in [4.69, 9.17) is 9.47 Å². The Hall–Kier alpha value is -4.28. The zero-order valence-electron chi connectivity index (χ0n) is 18.8. The number of benzene rings is 1. The zero-order valence-corrected chi connectivity index (χ0v) is 18.8. The third-order valence-corrected chi connectivity index (χ3v) is 5.24. The number of ether oxygens (including phenoxy) is 2. The molecule has 0 atom stereocenters. The van der Waals surface area contributed by atoms with Gasteiger partial charge in [0.15, 0.2) is 23.1 Å². The molecule has 176 valence electrons. The number of hydrogen-bond acceptors (Lipinski definition) is 6. The van der Waals surface area contributed by atoms with Crippen molar-refractivity contribution < 1.29 is 23.0 Å². The first kappa shape index (κ1) is 22.9. The summed E-state index contributed by atoms with van der Waals surface area (Å²) in [5.74, 6) is -1.71. The first-order chi connectivity index (χ1) is 16.3. The predicted octanol–water partition coefficient (Wildman–Crippen LogP) is 3.22. The number of anilines is 1. The van der Waals surface area contributed by atoms with Gasteiger partial charge in [0.1, 0.15) is 5.82 Å². The van der Waals surface area contributed by atoms with E-state index in [9.17, 15) is 13.6 Å². The van der Waals surface area contributed by atoms with E-state index in [0.29, 0.717) is 28.2 Å². The highest BCUT2D eigenvalue weighted by Crippen LogP contribution is 2.32. The summed E-state index contributed by atoms with van der Waals surface area (Å²) < 4.78 is 42.8. The Morgan fingerprint density at radius 1 is 1.24 bits per heavy atom. The summed E-state index contributed by atoms with van der Waals surface area (Å²) in [5, 5.41) is 7.07. The van der Waals surface area contributed by atoms with E-state index in [1.807, 2.05) is 0 Å². The summed E-state index contributed by atoms with van der Waals surface area (Å²) in [6.07, 6.45) is 6.37. The number of rotatable bonds is 8. The van der Waals surface area contributed by atoms with Crippen molar-refractivity contribution >= 4 is 22.6 Å². The number of hydrogen-bond donors (Lipinski definition) is 1. The van der Waals surface area contributed by atoms with Crippen molar-refractivity contribution in [2.75, 3.05) is 19.5 Å². The lowest BCUT2D eigenvalue weighted by Crippen LogP contribution is -2.09. The van der Waals surface area contributed by atoms with Crippen molar-refractivity contribution in [1.82, 2.24) is 24.3 Å². The fourth-order valence-corrected chi connectivity index (χ4v) is 3.58. The van der Waals surface area contributed by atoms with Crippen LogP contribution in [0.25, 0.3) is 11.0 Å². The van der Waals surface area contributed by atoms with Crippen LogP contribution in [-0.2, 0) is 24.8 Å². The van der Waals surface area contributed by atoms with Gasteiger partial charge in [0.2, 0.25) is 5.91 Å². The molecule has 0 saturated carbocycles. The molecule has 0 unspecified atom stereocenters. The second-order valence-corrected chi connectivity index (χ2v) is 7.42. The molecule has 34 heavy (non-hydrogen) atoms. The van der Waals surface area contributed by atoms with Crippen LogP contribution < -0.4 is 14.8 Å². The molecule has 0 saturated heterocycles. The first-order valence-electron chi connectivity index (χ1n) is 10.2. The van der Waals surface area contributed by atoms with E-state index in [2.05, 4.69) is 27.0 Å². The molecule has 11 heteroatoms. The normalized spacial score (nSPS) is 11.0. The number of halogens is 2. The Labute approximate surface area is 193 Å². The van der Waals surface area contributed by atoms with Gasteiger partial charge in [-0.2, -0.15) is 5.10 Å². The number of nitrogens with one attached hydrogen (secondary N) is 1. The first-order valence-corrected chi connectivity index (χ1v) is 10.2. The molecular formula is C23H22F2N6O3. The minimum Gasteiger partial charge on any atom is -0.494 e. The number of aromatic nitrogens is 5. The van der Waals surface area contributed by atoms with Gasteiger partial charge in [0, 0.05) is 25.5 Å². The van der Waals surface area contributed by atoms with Gasteiger partial charge < -0.3 is 19.4 Å². The zero-order chi connectivity index (χ0) is 24.4. The topological polar surface area (TPSA) is 96.1 Å². The van der Waals surface area contributed by atoms with Crippen molar-refractivity contribution in [1.29, 1.82) is 0 Å². The van der Waals surface area contributed by atoms with Crippen molar-refractivity contribution in [2.45, 2.75) is 13.0 Å². The number of aryl methyl sites for hydroxylation is 1. The summed E-state index contributed by atoms with van der Waals surface area (Å²) in [4.78, 5) is 20.6. The predicted molar refractivity (Wildman–Crippen MR) is 121 cm³/mol. The Bertz CT molecular complexity index is 1370. The molecule has 0 aliphatic heterocycles. The monoisotopic (exact) mass is 468 g/mol. The van der Waals surface area contributed by atoms with Crippen LogP contribution in [0.5, 0.6) is 11.5 Å². The smallest absolute Gasteiger partial charge is 0.247 e. The Balaban J connectivity index is 1.64. The van der Waals surface area contributed by atoms with Crippen LogP contribution in [0.4, 0.5) is 14.5 Å². The molecule has 4 rings (SSSR count). The average Bonchev–Trinajstić information content (AvgIpc) is 3.38. The Morgan fingerprint density at radius 3 is 2.59 bits per heavy atom. The lowest BCUT2D eigenvalue weighted by atomic mass is 10.1. The number of amides is 1. The lowest BCUT2D eigenvalue weighted by molar-refractivity contribution is -0.111. The minimum absolute atomic E-state index is 0.113. The molecule has 3 aromatic heterocycles. The summed E-state index contributed by atoms with van der Waals surface area (Å²) in [7, 11) is 4.34. The molecular weight excluding hydrogens is 446 g/mol. The molecule has 0 radical (unpaired) electrons. The Morgan fingerprint density at radius 2 is 1.94 bits per heavy atom. The molecule has 0 aliphatic carbocycles. The van der Waals surface area contributed by atoms with Crippen LogP contribution in [0, 0.1) is 11.6 Å². The fraction of sp³-hybridized carbons (Fsp3) is 0.217. The van der Waals surface area contributed by atoms with Gasteiger partial charge in [-0.1, -0.05) is 6.58 Å². The summed E-state index contributed by atoms with van der Waals surface area (Å²) in [6.45, 7) is 3.33. The van der Waals surface area contributed by atoms with Crippen molar-refractivity contribution in [3.05, 3.63) is 72.1 Å². The number of carbonyl (C=O) groups excluding carboxylic acids is 1. The minimum atomic E-state index is -0.801. The molecule has 1 aromatic carbocycles. The molecule has 1 amide bonds. The third kappa shape index (κ3) is 4.32. The summed E-state index contributed by atoms with van der Waals surface area (Å²) in [5.41, 5.74) is 2.10. The highest BCUT2D eigenvalue weighted by Gasteiger charge is 2.21. The molecule has 1 N–H and O–H groups in total. The Kier molecular flexibility index (Phi) is 6.26. The van der Waals surface area contributed by atoms with Gasteiger partial charge in [0.05, 0.1) is 61.4 Å². The van der Waals surface area contributed by atoms with Gasteiger partial charge in [-0.05, 0) is 12.1 Å². The van der Waals surface area contributed by atoms with Crippen LogP contribution >= 0.6 is 0 Å². The molecule has 0 aliphatic rings. The van der Waals surface area contributed by atoms with Crippen molar-refractivity contribution in [3.8, 4) is 11.5 Å². The molecule has 3 heterocycles. The highest BCUT2D eigenvalue weighted by molar-refractivity contribution is 5.99. The number of carbonyl (C=O) groups is 1. The molecule has 0 spiro atoms. The molecule has 0 bridgehead atoms. The van der Waals surface area contributed by atoms with Gasteiger partial charge in [-0.25, -0.2) is 18.7 Å². The van der Waals surface area contributed by atoms with Gasteiger partial charge in [-0.15, -0.1) is 0 Å². The number of fused-ring (bicyclic) bond motifs is 1. The van der Waals surface area contributed by atoms with Gasteiger partial charge >= 0.3 is 0 Å². The van der Waals surface area contributed by atoms with E-state index in [0.717, 1.165) is 0 Å². The van der Waals surface area contributed by atoms with Gasteiger partial charge in [0.25, 0.3) is 0 Å². The molecule has 0 fully saturated rings. The maximum Gasteiger partial charge on any atom is 0.247 e. The molecule has 4 aromatic rings. The van der Waals surface area contributed by atoms with E-state index < -0.39 is 11.6 Å². The maximum absolute atomic E-state index is 14.8. The second-order valence-electron chi connectivity index (χ2n) is 7.42. The van der Waals surface area contributed by atoms with Gasteiger partial charge in [-0.3, -0.25) is 9.48 Å². The maximum atomic E-state index is 14.8. The highest BCUT2D eigenvalue weighted by atomic mass is 19.1. The third-order valence-electron chi connectivity index (χ3n) is 5.24. The van der Waals surface area contributed by atoms with E-state index >= 15 is 0 Å². The number of nitrogens with zero attached hydrogens (tertiary/aromatic N) is 5. The fourth-order valence-electron chi connectivity index (χ4n) is 3.58. The van der Waals surface area contributed by atoms with Crippen molar-refractivity contribution in [2.24, 2.45) is 7.05 Å². The van der Waals surface area contributed by atoms with E-state index in [1.54, 1.807) is 41.0 Å². The second kappa shape index (κ2) is 9.30. The SMILES string of the molecule is C=CC(=O)Nc1cn(C)nc1Cc1ncc2c(ccn2Cc2c(F)c(OC)cc(OC)c2F)n1. The van der Waals surface area contributed by atoms with Crippen LogP contribution in [0.3, 0.4) is 0 Å². The summed E-state index contributed by atoms with van der Waals surface area (Å²) >= 11 is 0.